The molecule has 7 nitrogen and oxygen atoms in total. The van der Waals surface area contributed by atoms with Gasteiger partial charge in [0.1, 0.15) is 29.0 Å². The third-order valence-electron chi connectivity index (χ3n) is 5.40. The highest BCUT2D eigenvalue weighted by molar-refractivity contribution is 5.88. The Morgan fingerprint density at radius 2 is 1.83 bits per heavy atom. The van der Waals surface area contributed by atoms with Crippen molar-refractivity contribution in [3.63, 3.8) is 0 Å². The second-order valence-electron chi connectivity index (χ2n) is 7.62. The zero-order valence-electron chi connectivity index (χ0n) is 16.4. The van der Waals surface area contributed by atoms with Crippen LogP contribution in [-0.4, -0.2) is 26.7 Å². The van der Waals surface area contributed by atoms with Gasteiger partial charge in [0, 0.05) is 30.6 Å². The minimum absolute atomic E-state index is 0.0122. The summed E-state index contributed by atoms with van der Waals surface area (Å²) in [7, 11) is 0. The summed E-state index contributed by atoms with van der Waals surface area (Å²) in [5.74, 6) is -1.70. The van der Waals surface area contributed by atoms with Gasteiger partial charge in [0.25, 0.3) is 11.3 Å². The van der Waals surface area contributed by atoms with Crippen molar-refractivity contribution in [2.75, 3.05) is 0 Å². The van der Waals surface area contributed by atoms with Gasteiger partial charge in [-0.2, -0.15) is 0 Å². The van der Waals surface area contributed by atoms with E-state index in [0.29, 0.717) is 0 Å². The average molecular weight is 416 g/mol. The maximum Gasteiger partial charge on any atom is 0.266 e. The van der Waals surface area contributed by atoms with Gasteiger partial charge in [-0.15, -0.1) is 0 Å². The first-order valence-corrected chi connectivity index (χ1v) is 10.1. The molecule has 1 aromatic carbocycles. The van der Waals surface area contributed by atoms with Gasteiger partial charge in [-0.05, 0) is 25.0 Å². The second-order valence-corrected chi connectivity index (χ2v) is 7.62. The average Bonchev–Trinajstić information content (AvgIpc) is 2.98. The Bertz CT molecular complexity index is 1100. The number of fused-ring (bicyclic) bond motifs is 1. The minimum Gasteiger partial charge on any atom is -0.353 e. The predicted octanol–water partition coefficient (Wildman–Crippen LogP) is 3.56. The Labute approximate surface area is 171 Å². The van der Waals surface area contributed by atoms with Crippen LogP contribution in [0.3, 0.4) is 0 Å². The van der Waals surface area contributed by atoms with Crippen molar-refractivity contribution < 1.29 is 18.1 Å². The number of aromatic nitrogens is 3. The van der Waals surface area contributed by atoms with Crippen molar-refractivity contribution in [1.82, 2.24) is 20.0 Å². The molecule has 1 fully saturated rings. The van der Waals surface area contributed by atoms with Crippen molar-refractivity contribution in [1.29, 1.82) is 0 Å². The van der Waals surface area contributed by atoms with Crippen LogP contribution in [0.4, 0.5) is 8.78 Å². The summed E-state index contributed by atoms with van der Waals surface area (Å²) in [6, 6.07) is 3.05. The van der Waals surface area contributed by atoms with E-state index in [1.54, 1.807) is 0 Å². The van der Waals surface area contributed by atoms with Gasteiger partial charge in [-0.25, -0.2) is 13.8 Å². The number of nitrogens with one attached hydrogen (secondary N) is 1. The molecule has 0 spiro atoms. The van der Waals surface area contributed by atoms with Crippen LogP contribution in [-0.2, 0) is 11.3 Å². The van der Waals surface area contributed by atoms with Crippen LogP contribution in [0.25, 0.3) is 22.4 Å². The van der Waals surface area contributed by atoms with E-state index in [9.17, 15) is 18.4 Å². The van der Waals surface area contributed by atoms with E-state index in [0.717, 1.165) is 43.9 Å². The van der Waals surface area contributed by atoms with Crippen LogP contribution in [0.5, 0.6) is 0 Å². The summed E-state index contributed by atoms with van der Waals surface area (Å²) >= 11 is 0. The molecular formula is C21H22F2N4O3. The SMILES string of the molecule is O=C(CCn1cnc2onc(-c3cc(F)cc(F)c3)c2c1=O)NC1CCCCCC1. The molecule has 0 saturated heterocycles. The molecule has 2 aromatic heterocycles. The smallest absolute Gasteiger partial charge is 0.266 e. The lowest BCUT2D eigenvalue weighted by Crippen LogP contribution is -2.35. The lowest BCUT2D eigenvalue weighted by Gasteiger charge is -2.16. The number of amides is 1. The van der Waals surface area contributed by atoms with Gasteiger partial charge in [0.05, 0.1) is 0 Å². The third-order valence-corrected chi connectivity index (χ3v) is 5.40. The number of hydrogen-bond acceptors (Lipinski definition) is 5. The number of rotatable bonds is 5. The zero-order chi connectivity index (χ0) is 21.1. The summed E-state index contributed by atoms with van der Waals surface area (Å²) in [5, 5.41) is 6.83. The van der Waals surface area contributed by atoms with Gasteiger partial charge in [-0.3, -0.25) is 14.2 Å². The Hall–Kier alpha value is -3.10. The number of carbonyl (C=O) groups is 1. The Balaban J connectivity index is 1.53. The van der Waals surface area contributed by atoms with Crippen LogP contribution >= 0.6 is 0 Å². The van der Waals surface area contributed by atoms with Crippen LogP contribution in [0.2, 0.25) is 0 Å². The fourth-order valence-electron chi connectivity index (χ4n) is 3.87. The van der Waals surface area contributed by atoms with Crippen molar-refractivity contribution in [2.24, 2.45) is 0 Å². The van der Waals surface area contributed by atoms with Crippen molar-refractivity contribution in [3.8, 4) is 11.3 Å². The number of aryl methyl sites for hydroxylation is 1. The highest BCUT2D eigenvalue weighted by Crippen LogP contribution is 2.25. The fourth-order valence-corrected chi connectivity index (χ4v) is 3.87. The third kappa shape index (κ3) is 4.39. The van der Waals surface area contributed by atoms with Crippen LogP contribution in [0.15, 0.2) is 33.8 Å². The lowest BCUT2D eigenvalue weighted by molar-refractivity contribution is -0.122. The van der Waals surface area contributed by atoms with Crippen molar-refractivity contribution >= 4 is 17.0 Å². The summed E-state index contributed by atoms with van der Waals surface area (Å²) < 4.78 is 33.5. The molecule has 9 heteroatoms. The molecule has 158 valence electrons. The first kappa shape index (κ1) is 20.2. The molecule has 3 aromatic rings. The quantitative estimate of drug-likeness (QED) is 0.643. The van der Waals surface area contributed by atoms with Gasteiger partial charge in [0.2, 0.25) is 5.91 Å². The van der Waals surface area contributed by atoms with Gasteiger partial charge in [0.15, 0.2) is 0 Å². The van der Waals surface area contributed by atoms with E-state index in [1.165, 1.54) is 23.7 Å². The number of halogens is 2. The molecule has 1 amide bonds. The molecule has 0 radical (unpaired) electrons. The number of carbonyl (C=O) groups excluding carboxylic acids is 1. The van der Waals surface area contributed by atoms with E-state index in [-0.39, 0.29) is 47.3 Å². The maximum absolute atomic E-state index is 13.6. The molecule has 0 unspecified atom stereocenters. The zero-order valence-corrected chi connectivity index (χ0v) is 16.4. The molecule has 4 rings (SSSR count). The van der Waals surface area contributed by atoms with Crippen molar-refractivity contribution in [2.45, 2.75) is 57.5 Å². The maximum atomic E-state index is 13.6. The number of hydrogen-bond donors (Lipinski definition) is 1. The molecule has 2 heterocycles. The van der Waals surface area contributed by atoms with E-state index >= 15 is 0 Å². The molecule has 0 atom stereocenters. The fraction of sp³-hybridized carbons (Fsp3) is 0.429. The van der Waals surface area contributed by atoms with E-state index < -0.39 is 17.2 Å². The van der Waals surface area contributed by atoms with Crippen LogP contribution in [0, 0.1) is 11.6 Å². The van der Waals surface area contributed by atoms with Gasteiger partial charge < -0.3 is 9.84 Å². The highest BCUT2D eigenvalue weighted by Gasteiger charge is 2.19. The largest absolute Gasteiger partial charge is 0.353 e. The Morgan fingerprint density at radius 1 is 1.13 bits per heavy atom. The number of benzene rings is 1. The highest BCUT2D eigenvalue weighted by atomic mass is 19.1. The first-order valence-electron chi connectivity index (χ1n) is 10.1. The molecule has 0 aliphatic heterocycles. The minimum atomic E-state index is -0.791. The second kappa shape index (κ2) is 8.73. The summed E-state index contributed by atoms with van der Waals surface area (Å²) in [4.78, 5) is 29.3. The molecule has 1 N–H and O–H groups in total. The van der Waals surface area contributed by atoms with Gasteiger partial charge in [-0.1, -0.05) is 30.8 Å². The predicted molar refractivity (Wildman–Crippen MR) is 106 cm³/mol. The van der Waals surface area contributed by atoms with Gasteiger partial charge >= 0.3 is 0 Å². The van der Waals surface area contributed by atoms with E-state index in [1.807, 2.05) is 0 Å². The van der Waals surface area contributed by atoms with Crippen LogP contribution < -0.4 is 10.9 Å². The van der Waals surface area contributed by atoms with Crippen molar-refractivity contribution in [3.05, 3.63) is 46.5 Å². The monoisotopic (exact) mass is 416 g/mol. The summed E-state index contributed by atoms with van der Waals surface area (Å²) in [6.07, 6.45) is 7.99. The molecule has 0 bridgehead atoms. The normalized spacial score (nSPS) is 15.3. The standard InChI is InChI=1S/C21H22F2N4O3/c22-14-9-13(10-15(23)11-14)19-18-20(30-26-19)24-12-27(21(18)29)8-7-17(28)25-16-5-3-1-2-4-6-16/h9-12,16H,1-8H2,(H,25,28). The first-order chi connectivity index (χ1) is 14.5. The Morgan fingerprint density at radius 3 is 2.53 bits per heavy atom. The van der Waals surface area contributed by atoms with E-state index in [4.69, 9.17) is 4.52 Å². The molecule has 1 saturated carbocycles. The van der Waals surface area contributed by atoms with E-state index in [2.05, 4.69) is 15.5 Å². The summed E-state index contributed by atoms with van der Waals surface area (Å²) in [5.41, 5.74) is -0.422. The summed E-state index contributed by atoms with van der Waals surface area (Å²) in [6.45, 7) is 0.127. The molecule has 1 aliphatic rings. The topological polar surface area (TPSA) is 90.0 Å². The molecular weight excluding hydrogens is 394 g/mol. The lowest BCUT2D eigenvalue weighted by atomic mass is 10.1. The van der Waals surface area contributed by atoms with Crippen LogP contribution in [0.1, 0.15) is 44.9 Å². The Kier molecular flexibility index (Phi) is 5.87. The molecule has 30 heavy (non-hydrogen) atoms. The number of nitrogens with zero attached hydrogens (tertiary/aromatic N) is 3. The molecule has 1 aliphatic carbocycles.